The predicted molar refractivity (Wildman–Crippen MR) is 79.4 cm³/mol. The second-order valence-electron chi connectivity index (χ2n) is 4.70. The highest BCUT2D eigenvalue weighted by Crippen LogP contribution is 2.32. The lowest BCUT2D eigenvalue weighted by atomic mass is 9.87. The average molecular weight is 276 g/mol. The molecule has 0 aliphatic carbocycles. The Balaban J connectivity index is 2.32. The zero-order valence-corrected chi connectivity index (χ0v) is 11.6. The number of benzene rings is 2. The monoisotopic (exact) mass is 275 g/mol. The zero-order valence-electron chi connectivity index (χ0n) is 10.9. The maximum absolute atomic E-state index is 10.6. The van der Waals surface area contributed by atoms with Crippen molar-refractivity contribution in [3.8, 4) is 0 Å². The zero-order chi connectivity index (χ0) is 13.8. The van der Waals surface area contributed by atoms with Crippen LogP contribution >= 0.6 is 11.6 Å². The van der Waals surface area contributed by atoms with Gasteiger partial charge in [-0.05, 0) is 35.7 Å². The van der Waals surface area contributed by atoms with Crippen molar-refractivity contribution in [1.29, 1.82) is 0 Å². The van der Waals surface area contributed by atoms with Crippen molar-refractivity contribution in [3.05, 3.63) is 70.2 Å². The number of aliphatic hydroxyl groups is 1. The summed E-state index contributed by atoms with van der Waals surface area (Å²) in [6.45, 7) is 2.38. The van der Waals surface area contributed by atoms with Crippen molar-refractivity contribution in [2.75, 3.05) is 6.54 Å². The van der Waals surface area contributed by atoms with E-state index in [1.165, 1.54) is 0 Å². The van der Waals surface area contributed by atoms with E-state index in [0.29, 0.717) is 11.6 Å². The lowest BCUT2D eigenvalue weighted by molar-refractivity contribution is 0.147. The Kier molecular flexibility index (Phi) is 4.59. The average Bonchev–Trinajstić information content (AvgIpc) is 2.42. The molecule has 0 spiro atoms. The van der Waals surface area contributed by atoms with E-state index < -0.39 is 6.10 Å². The summed E-state index contributed by atoms with van der Waals surface area (Å²) in [5.74, 6) is -0.127. The van der Waals surface area contributed by atoms with E-state index in [1.807, 2.05) is 55.5 Å². The molecular weight excluding hydrogens is 258 g/mol. The highest BCUT2D eigenvalue weighted by atomic mass is 35.5. The highest BCUT2D eigenvalue weighted by molar-refractivity contribution is 6.30. The molecule has 2 aromatic rings. The first-order valence-electron chi connectivity index (χ1n) is 6.32. The molecule has 0 aliphatic heterocycles. The second-order valence-corrected chi connectivity index (χ2v) is 5.13. The summed E-state index contributed by atoms with van der Waals surface area (Å²) in [7, 11) is 0. The molecule has 0 heterocycles. The van der Waals surface area contributed by atoms with Crippen LogP contribution in [0.1, 0.15) is 28.7 Å². The molecular formula is C16H18ClNO. The molecule has 0 amide bonds. The van der Waals surface area contributed by atoms with Gasteiger partial charge in [-0.15, -0.1) is 0 Å². The molecule has 19 heavy (non-hydrogen) atoms. The fourth-order valence-corrected chi connectivity index (χ4v) is 2.42. The SMILES string of the molecule is Cc1ccccc1C(O)C(CN)c1ccc(Cl)cc1. The Morgan fingerprint density at radius 2 is 1.74 bits per heavy atom. The Bertz CT molecular complexity index is 539. The van der Waals surface area contributed by atoms with Gasteiger partial charge < -0.3 is 10.8 Å². The number of rotatable bonds is 4. The van der Waals surface area contributed by atoms with Gasteiger partial charge in [-0.1, -0.05) is 48.0 Å². The fourth-order valence-electron chi connectivity index (χ4n) is 2.29. The van der Waals surface area contributed by atoms with Crippen LogP contribution in [0.5, 0.6) is 0 Å². The topological polar surface area (TPSA) is 46.2 Å². The first-order valence-corrected chi connectivity index (χ1v) is 6.70. The molecule has 2 unspecified atom stereocenters. The highest BCUT2D eigenvalue weighted by Gasteiger charge is 2.22. The van der Waals surface area contributed by atoms with Gasteiger partial charge in [0.25, 0.3) is 0 Å². The molecule has 0 saturated heterocycles. The summed E-state index contributed by atoms with van der Waals surface area (Å²) in [5, 5.41) is 11.3. The largest absolute Gasteiger partial charge is 0.388 e. The third kappa shape index (κ3) is 3.16. The Morgan fingerprint density at radius 3 is 2.32 bits per heavy atom. The Morgan fingerprint density at radius 1 is 1.11 bits per heavy atom. The van der Waals surface area contributed by atoms with E-state index in [-0.39, 0.29) is 5.92 Å². The van der Waals surface area contributed by atoms with Crippen LogP contribution in [-0.4, -0.2) is 11.7 Å². The lowest BCUT2D eigenvalue weighted by Crippen LogP contribution is -2.20. The maximum Gasteiger partial charge on any atom is 0.0873 e. The predicted octanol–water partition coefficient (Wildman–Crippen LogP) is 3.42. The second kappa shape index (κ2) is 6.20. The minimum absolute atomic E-state index is 0.127. The molecule has 3 N–H and O–H groups in total. The van der Waals surface area contributed by atoms with E-state index in [2.05, 4.69) is 0 Å². The maximum atomic E-state index is 10.6. The van der Waals surface area contributed by atoms with Crippen molar-refractivity contribution in [2.24, 2.45) is 5.73 Å². The number of hydrogen-bond donors (Lipinski definition) is 2. The van der Waals surface area contributed by atoms with E-state index in [0.717, 1.165) is 16.7 Å². The van der Waals surface area contributed by atoms with Crippen LogP contribution < -0.4 is 5.73 Å². The van der Waals surface area contributed by atoms with Crippen LogP contribution in [0, 0.1) is 6.92 Å². The van der Waals surface area contributed by atoms with Crippen LogP contribution in [-0.2, 0) is 0 Å². The van der Waals surface area contributed by atoms with Crippen LogP contribution in [0.4, 0.5) is 0 Å². The van der Waals surface area contributed by atoms with Crippen molar-refractivity contribution >= 4 is 11.6 Å². The molecule has 2 rings (SSSR count). The standard InChI is InChI=1S/C16H18ClNO/c1-11-4-2-3-5-14(11)16(19)15(10-18)12-6-8-13(17)9-7-12/h2-9,15-16,19H,10,18H2,1H3. The van der Waals surface area contributed by atoms with E-state index in [9.17, 15) is 5.11 Å². The molecule has 0 aliphatic rings. The van der Waals surface area contributed by atoms with Crippen molar-refractivity contribution in [2.45, 2.75) is 18.9 Å². The number of halogens is 1. The minimum Gasteiger partial charge on any atom is -0.388 e. The van der Waals surface area contributed by atoms with Crippen LogP contribution in [0.2, 0.25) is 5.02 Å². The summed E-state index contributed by atoms with van der Waals surface area (Å²) in [6.07, 6.45) is -0.604. The first kappa shape index (κ1) is 14.1. The third-order valence-electron chi connectivity index (χ3n) is 3.44. The van der Waals surface area contributed by atoms with Gasteiger partial charge >= 0.3 is 0 Å². The van der Waals surface area contributed by atoms with Crippen molar-refractivity contribution in [1.82, 2.24) is 0 Å². The molecule has 2 aromatic carbocycles. The summed E-state index contributed by atoms with van der Waals surface area (Å²) < 4.78 is 0. The molecule has 0 bridgehead atoms. The summed E-state index contributed by atoms with van der Waals surface area (Å²) in [5.41, 5.74) is 8.84. The first-order chi connectivity index (χ1) is 9.13. The van der Waals surface area contributed by atoms with Gasteiger partial charge in [0, 0.05) is 17.5 Å². The molecule has 2 atom stereocenters. The fraction of sp³-hybridized carbons (Fsp3) is 0.250. The minimum atomic E-state index is -0.604. The number of aliphatic hydroxyl groups excluding tert-OH is 1. The van der Waals surface area contributed by atoms with Gasteiger partial charge in [0.1, 0.15) is 0 Å². The van der Waals surface area contributed by atoms with Crippen molar-refractivity contribution < 1.29 is 5.11 Å². The quantitative estimate of drug-likeness (QED) is 0.898. The summed E-state index contributed by atoms with van der Waals surface area (Å²) >= 11 is 5.89. The van der Waals surface area contributed by atoms with Gasteiger partial charge in [-0.25, -0.2) is 0 Å². The van der Waals surface area contributed by atoms with Gasteiger partial charge in [0.2, 0.25) is 0 Å². The molecule has 100 valence electrons. The van der Waals surface area contributed by atoms with Gasteiger partial charge in [-0.3, -0.25) is 0 Å². The molecule has 0 aromatic heterocycles. The smallest absolute Gasteiger partial charge is 0.0873 e. The van der Waals surface area contributed by atoms with Crippen LogP contribution in [0.3, 0.4) is 0 Å². The van der Waals surface area contributed by atoms with E-state index in [4.69, 9.17) is 17.3 Å². The normalized spacial score (nSPS) is 14.1. The number of aryl methyl sites for hydroxylation is 1. The summed E-state index contributed by atoms with van der Waals surface area (Å²) in [6, 6.07) is 15.3. The van der Waals surface area contributed by atoms with Gasteiger partial charge in [-0.2, -0.15) is 0 Å². The van der Waals surface area contributed by atoms with Crippen molar-refractivity contribution in [3.63, 3.8) is 0 Å². The Hall–Kier alpha value is -1.35. The summed E-state index contributed by atoms with van der Waals surface area (Å²) in [4.78, 5) is 0. The molecule has 2 nitrogen and oxygen atoms in total. The van der Waals surface area contributed by atoms with E-state index in [1.54, 1.807) is 0 Å². The van der Waals surface area contributed by atoms with E-state index >= 15 is 0 Å². The van der Waals surface area contributed by atoms with Gasteiger partial charge in [0.05, 0.1) is 6.10 Å². The molecule has 0 fully saturated rings. The number of hydrogen-bond acceptors (Lipinski definition) is 2. The number of nitrogens with two attached hydrogens (primary N) is 1. The molecule has 3 heteroatoms. The van der Waals surface area contributed by atoms with Gasteiger partial charge in [0.15, 0.2) is 0 Å². The Labute approximate surface area is 118 Å². The molecule has 0 saturated carbocycles. The van der Waals surface area contributed by atoms with Crippen LogP contribution in [0.25, 0.3) is 0 Å². The van der Waals surface area contributed by atoms with Crippen LogP contribution in [0.15, 0.2) is 48.5 Å². The lowest BCUT2D eigenvalue weighted by Gasteiger charge is -2.23. The third-order valence-corrected chi connectivity index (χ3v) is 3.69. The molecule has 0 radical (unpaired) electrons.